The minimum Gasteiger partial charge on any atom is -0.479 e. The van der Waals surface area contributed by atoms with Crippen LogP contribution in [-0.4, -0.2) is 48.6 Å². The van der Waals surface area contributed by atoms with Crippen LogP contribution in [0.5, 0.6) is 0 Å². The van der Waals surface area contributed by atoms with Gasteiger partial charge in [0.1, 0.15) is 0 Å². The molecule has 0 spiro atoms. The van der Waals surface area contributed by atoms with E-state index in [0.717, 1.165) is 0 Å². The average molecular weight is 314 g/mol. The first kappa shape index (κ1) is 15.5. The minimum atomic E-state index is -1.15. The van der Waals surface area contributed by atoms with E-state index in [1.54, 1.807) is 13.2 Å². The first-order valence-corrected chi connectivity index (χ1v) is 8.08. The second kappa shape index (κ2) is 6.70. The molecular weight excluding hydrogens is 296 g/mol. The molecule has 1 atom stereocenters. The lowest BCUT2D eigenvalue weighted by molar-refractivity contribution is -0.139. The number of aromatic nitrogens is 2. The van der Waals surface area contributed by atoms with Crippen LogP contribution in [0.15, 0.2) is 12.4 Å². The predicted octanol–water partition coefficient (Wildman–Crippen LogP) is -0.244. The molecule has 116 valence electrons. The van der Waals surface area contributed by atoms with Crippen LogP contribution in [0.3, 0.4) is 0 Å². The number of amides is 2. The van der Waals surface area contributed by atoms with Crippen molar-refractivity contribution in [2.75, 3.05) is 11.5 Å². The summed E-state index contributed by atoms with van der Waals surface area (Å²) in [4.78, 5) is 23.2. The molecule has 1 aromatic rings. The summed E-state index contributed by atoms with van der Waals surface area (Å²) in [6.45, 7) is 0. The molecule has 0 radical (unpaired) electrons. The fourth-order valence-electron chi connectivity index (χ4n) is 2.17. The van der Waals surface area contributed by atoms with Gasteiger partial charge in [-0.2, -0.15) is 5.10 Å². The van der Waals surface area contributed by atoms with Gasteiger partial charge in [0.15, 0.2) is 6.04 Å². The molecule has 1 aliphatic heterocycles. The van der Waals surface area contributed by atoms with Gasteiger partial charge in [-0.05, 0) is 12.8 Å². The number of carboxylic acids is 1. The summed E-state index contributed by atoms with van der Waals surface area (Å²) in [6.07, 6.45) is 4.24. The predicted molar refractivity (Wildman–Crippen MR) is 76.2 cm³/mol. The molecule has 21 heavy (non-hydrogen) atoms. The van der Waals surface area contributed by atoms with E-state index in [1.165, 1.54) is 10.9 Å². The topological polar surface area (TPSA) is 113 Å². The average Bonchev–Trinajstić information content (AvgIpc) is 2.85. The third-order valence-corrected chi connectivity index (χ3v) is 4.69. The Morgan fingerprint density at radius 3 is 2.67 bits per heavy atom. The number of hydrogen-bond acceptors (Lipinski definition) is 4. The number of aliphatic carboxylic acids is 1. The lowest BCUT2D eigenvalue weighted by atomic mass is 10.1. The number of nitrogens with zero attached hydrogens (tertiary/aromatic N) is 2. The van der Waals surface area contributed by atoms with Gasteiger partial charge in [0.2, 0.25) is 0 Å². The molecule has 9 heteroatoms. The highest BCUT2D eigenvalue weighted by atomic mass is 32.2. The van der Waals surface area contributed by atoms with Gasteiger partial charge < -0.3 is 15.7 Å². The molecule has 2 heterocycles. The van der Waals surface area contributed by atoms with Gasteiger partial charge in [-0.3, -0.25) is 8.89 Å². The van der Waals surface area contributed by atoms with Crippen molar-refractivity contribution in [2.24, 2.45) is 7.05 Å². The molecule has 0 saturated carbocycles. The van der Waals surface area contributed by atoms with E-state index in [9.17, 15) is 18.9 Å². The molecular formula is C12H18N4O4S. The molecule has 1 saturated heterocycles. The van der Waals surface area contributed by atoms with Crippen LogP contribution in [0.25, 0.3) is 0 Å². The van der Waals surface area contributed by atoms with Crippen LogP contribution >= 0.6 is 0 Å². The number of carbonyl (C=O) groups is 2. The molecule has 1 unspecified atom stereocenters. The van der Waals surface area contributed by atoms with E-state index < -0.39 is 28.8 Å². The number of rotatable bonds is 4. The van der Waals surface area contributed by atoms with Gasteiger partial charge in [-0.25, -0.2) is 9.59 Å². The Morgan fingerprint density at radius 2 is 2.14 bits per heavy atom. The molecule has 2 amide bonds. The van der Waals surface area contributed by atoms with Crippen molar-refractivity contribution >= 4 is 22.8 Å². The number of nitrogens with one attached hydrogen (secondary N) is 2. The van der Waals surface area contributed by atoms with Crippen molar-refractivity contribution < 1.29 is 18.9 Å². The molecule has 2 rings (SSSR count). The van der Waals surface area contributed by atoms with Crippen molar-refractivity contribution in [3.8, 4) is 0 Å². The Bertz CT molecular complexity index is 549. The summed E-state index contributed by atoms with van der Waals surface area (Å²) in [7, 11) is 0.874. The van der Waals surface area contributed by atoms with Crippen molar-refractivity contribution in [3.63, 3.8) is 0 Å². The first-order chi connectivity index (χ1) is 9.95. The van der Waals surface area contributed by atoms with Gasteiger partial charge in [0.25, 0.3) is 0 Å². The van der Waals surface area contributed by atoms with E-state index in [1.807, 2.05) is 0 Å². The second-order valence-corrected chi connectivity index (χ2v) is 6.65. The monoisotopic (exact) mass is 314 g/mol. The van der Waals surface area contributed by atoms with Crippen molar-refractivity contribution in [3.05, 3.63) is 18.0 Å². The minimum absolute atomic E-state index is 0.0638. The van der Waals surface area contributed by atoms with Crippen LogP contribution in [0.2, 0.25) is 0 Å². The van der Waals surface area contributed by atoms with Gasteiger partial charge in [-0.1, -0.05) is 0 Å². The van der Waals surface area contributed by atoms with E-state index in [4.69, 9.17) is 0 Å². The van der Waals surface area contributed by atoms with Crippen molar-refractivity contribution in [1.29, 1.82) is 0 Å². The zero-order chi connectivity index (χ0) is 15.4. The normalized spacial score (nSPS) is 23.3. The van der Waals surface area contributed by atoms with Gasteiger partial charge in [-0.15, -0.1) is 0 Å². The molecule has 0 bridgehead atoms. The van der Waals surface area contributed by atoms with Crippen molar-refractivity contribution in [2.45, 2.75) is 24.9 Å². The maximum atomic E-state index is 11.9. The van der Waals surface area contributed by atoms with E-state index in [2.05, 4.69) is 15.7 Å². The fraction of sp³-hybridized carbons (Fsp3) is 0.583. The third-order valence-electron chi connectivity index (χ3n) is 3.30. The van der Waals surface area contributed by atoms with Gasteiger partial charge in [0, 0.05) is 47.2 Å². The van der Waals surface area contributed by atoms with Crippen LogP contribution in [0.4, 0.5) is 4.79 Å². The lowest BCUT2D eigenvalue weighted by Gasteiger charge is -2.23. The van der Waals surface area contributed by atoms with E-state index in [-0.39, 0.29) is 6.04 Å². The Kier molecular flexibility index (Phi) is 4.94. The summed E-state index contributed by atoms with van der Waals surface area (Å²) in [6, 6.07) is -1.74. The Hall–Kier alpha value is -1.90. The van der Waals surface area contributed by atoms with E-state index in [0.29, 0.717) is 29.9 Å². The highest BCUT2D eigenvalue weighted by Gasteiger charge is 2.25. The molecule has 3 N–H and O–H groups in total. The summed E-state index contributed by atoms with van der Waals surface area (Å²) < 4.78 is 12.7. The van der Waals surface area contributed by atoms with Crippen LogP contribution in [0, 0.1) is 0 Å². The standard InChI is InChI=1S/C12H18N4O4S/c1-16-7-8(6-13-16)10(11(17)18)15-12(19)14-9-2-4-21(20)5-3-9/h6-7,9-10H,2-5H2,1H3,(H,17,18)(H2,14,15,19). The number of aryl methyl sites for hydroxylation is 1. The summed E-state index contributed by atoms with van der Waals surface area (Å²) in [5.41, 5.74) is 0.407. The summed E-state index contributed by atoms with van der Waals surface area (Å²) in [5.74, 6) is -0.0193. The number of carbonyl (C=O) groups excluding carboxylic acids is 1. The van der Waals surface area contributed by atoms with Gasteiger partial charge >= 0.3 is 12.0 Å². The van der Waals surface area contributed by atoms with Gasteiger partial charge in [0.05, 0.1) is 6.20 Å². The Balaban J connectivity index is 1.93. The number of urea groups is 1. The fourth-order valence-corrected chi connectivity index (χ4v) is 3.47. The quantitative estimate of drug-likeness (QED) is 0.709. The number of carboxylic acid groups (broad SMARTS) is 1. The summed E-state index contributed by atoms with van der Waals surface area (Å²) in [5, 5.41) is 18.3. The molecule has 1 fully saturated rings. The maximum absolute atomic E-state index is 11.9. The van der Waals surface area contributed by atoms with Crippen LogP contribution in [-0.2, 0) is 22.6 Å². The van der Waals surface area contributed by atoms with Crippen LogP contribution in [0.1, 0.15) is 24.4 Å². The highest BCUT2D eigenvalue weighted by Crippen LogP contribution is 2.13. The lowest BCUT2D eigenvalue weighted by Crippen LogP contribution is -2.47. The zero-order valence-corrected chi connectivity index (χ0v) is 12.4. The Labute approximate surface area is 124 Å². The molecule has 1 aromatic heterocycles. The first-order valence-electron chi connectivity index (χ1n) is 6.59. The second-order valence-electron chi connectivity index (χ2n) is 4.96. The molecule has 1 aliphatic rings. The van der Waals surface area contributed by atoms with Crippen molar-refractivity contribution in [1.82, 2.24) is 20.4 Å². The Morgan fingerprint density at radius 1 is 1.48 bits per heavy atom. The van der Waals surface area contributed by atoms with Crippen LogP contribution < -0.4 is 10.6 Å². The van der Waals surface area contributed by atoms with E-state index >= 15 is 0 Å². The molecule has 0 aliphatic carbocycles. The number of hydrogen-bond donors (Lipinski definition) is 3. The highest BCUT2D eigenvalue weighted by molar-refractivity contribution is 7.85. The molecule has 0 aromatic carbocycles. The maximum Gasteiger partial charge on any atom is 0.331 e. The molecule has 8 nitrogen and oxygen atoms in total. The SMILES string of the molecule is Cn1cc(C(NC(=O)NC2CCS(=O)CC2)C(=O)O)cn1. The zero-order valence-electron chi connectivity index (χ0n) is 11.6. The smallest absolute Gasteiger partial charge is 0.331 e. The third kappa shape index (κ3) is 4.28. The summed E-state index contributed by atoms with van der Waals surface area (Å²) >= 11 is 0. The largest absolute Gasteiger partial charge is 0.479 e.